The predicted octanol–water partition coefficient (Wildman–Crippen LogP) is 1.81. The van der Waals surface area contributed by atoms with Gasteiger partial charge in [0.25, 0.3) is 11.8 Å². The first-order chi connectivity index (χ1) is 10.1. The van der Waals surface area contributed by atoms with Gasteiger partial charge in [0.2, 0.25) is 0 Å². The van der Waals surface area contributed by atoms with E-state index in [1.165, 1.54) is 4.90 Å². The Labute approximate surface area is 121 Å². The Balaban J connectivity index is 1.79. The molecule has 0 atom stereocenters. The van der Waals surface area contributed by atoms with Gasteiger partial charge >= 0.3 is 0 Å². The van der Waals surface area contributed by atoms with E-state index in [0.717, 1.165) is 5.56 Å². The molecule has 2 amide bonds. The van der Waals surface area contributed by atoms with Crippen LogP contribution in [-0.4, -0.2) is 28.4 Å². The average molecular weight is 282 g/mol. The highest BCUT2D eigenvalue weighted by molar-refractivity contribution is 6.23. The molecule has 1 heterocycles. The number of amides is 2. The average Bonchev–Trinajstić information content (AvgIpc) is 2.72. The van der Waals surface area contributed by atoms with Crippen LogP contribution >= 0.6 is 0 Å². The van der Waals surface area contributed by atoms with Crippen molar-refractivity contribution in [3.63, 3.8) is 0 Å². The van der Waals surface area contributed by atoms with Crippen molar-refractivity contribution in [3.05, 3.63) is 59.2 Å². The van der Waals surface area contributed by atoms with Crippen LogP contribution in [0.25, 0.3) is 0 Å². The van der Waals surface area contributed by atoms with Crippen molar-refractivity contribution in [1.82, 2.24) is 4.90 Å². The van der Waals surface area contributed by atoms with E-state index in [4.69, 9.17) is 5.73 Å². The highest BCUT2D eigenvalue weighted by Gasteiger charge is 2.36. The van der Waals surface area contributed by atoms with Gasteiger partial charge in [0.15, 0.2) is 0 Å². The van der Waals surface area contributed by atoms with E-state index in [1.807, 2.05) is 0 Å². The number of nitrogen functional groups attached to an aromatic ring is 1. The van der Waals surface area contributed by atoms with E-state index in [-0.39, 0.29) is 24.1 Å². The molecule has 1 aliphatic rings. The van der Waals surface area contributed by atoms with Gasteiger partial charge in [-0.1, -0.05) is 18.2 Å². The maximum atomic E-state index is 12.3. The summed E-state index contributed by atoms with van der Waals surface area (Å²) in [6.07, 6.45) is 0.533. The Hall–Kier alpha value is -2.82. The Morgan fingerprint density at radius 2 is 1.71 bits per heavy atom. The molecule has 2 aromatic carbocycles. The molecule has 0 radical (unpaired) electrons. The van der Waals surface area contributed by atoms with Crippen LogP contribution in [0.5, 0.6) is 5.75 Å². The number of imide groups is 1. The van der Waals surface area contributed by atoms with Crippen molar-refractivity contribution >= 4 is 17.5 Å². The minimum atomic E-state index is -0.341. The summed E-state index contributed by atoms with van der Waals surface area (Å²) in [6.45, 7) is 0.288. The van der Waals surface area contributed by atoms with Crippen molar-refractivity contribution in [1.29, 1.82) is 0 Å². The van der Waals surface area contributed by atoms with Gasteiger partial charge in [-0.05, 0) is 36.2 Å². The molecule has 0 aromatic heterocycles. The number of rotatable bonds is 3. The Morgan fingerprint density at radius 3 is 2.38 bits per heavy atom. The van der Waals surface area contributed by atoms with Crippen LogP contribution in [0.15, 0.2) is 42.5 Å². The predicted molar refractivity (Wildman–Crippen MR) is 78.0 cm³/mol. The van der Waals surface area contributed by atoms with Crippen LogP contribution in [-0.2, 0) is 6.42 Å². The molecule has 0 saturated heterocycles. The summed E-state index contributed by atoms with van der Waals surface area (Å²) < 4.78 is 0. The first-order valence-electron chi connectivity index (χ1n) is 6.60. The summed E-state index contributed by atoms with van der Waals surface area (Å²) in [5, 5.41) is 9.24. The number of fused-ring (bicyclic) bond motifs is 1. The Kier molecular flexibility index (Phi) is 3.10. The number of phenols is 1. The normalized spacial score (nSPS) is 13.6. The number of nitrogens with two attached hydrogens (primary N) is 1. The lowest BCUT2D eigenvalue weighted by atomic mass is 10.1. The van der Waals surface area contributed by atoms with Crippen LogP contribution in [0.3, 0.4) is 0 Å². The lowest BCUT2D eigenvalue weighted by Gasteiger charge is -2.13. The van der Waals surface area contributed by atoms with Crippen LogP contribution in [0.2, 0.25) is 0 Å². The second kappa shape index (κ2) is 4.94. The maximum Gasteiger partial charge on any atom is 0.263 e. The first kappa shape index (κ1) is 13.2. The van der Waals surface area contributed by atoms with Crippen molar-refractivity contribution in [2.45, 2.75) is 6.42 Å². The van der Waals surface area contributed by atoms with Crippen LogP contribution in [0.1, 0.15) is 26.3 Å². The number of hydrogen-bond acceptors (Lipinski definition) is 4. The summed E-state index contributed by atoms with van der Waals surface area (Å²) in [6, 6.07) is 11.6. The van der Waals surface area contributed by atoms with Gasteiger partial charge in [0, 0.05) is 12.2 Å². The first-order valence-corrected chi connectivity index (χ1v) is 6.60. The fraction of sp³-hybridized carbons (Fsp3) is 0.125. The van der Waals surface area contributed by atoms with Crippen molar-refractivity contribution in [2.75, 3.05) is 12.3 Å². The minimum Gasteiger partial charge on any atom is -0.508 e. The summed E-state index contributed by atoms with van der Waals surface area (Å²) in [5.74, 6) is -0.458. The molecule has 0 bridgehead atoms. The van der Waals surface area contributed by atoms with E-state index in [9.17, 15) is 14.7 Å². The molecule has 0 saturated carbocycles. The third kappa shape index (κ3) is 2.23. The topological polar surface area (TPSA) is 83.6 Å². The summed E-state index contributed by atoms with van der Waals surface area (Å²) >= 11 is 0. The molecule has 0 fully saturated rings. The molecule has 106 valence electrons. The molecular weight excluding hydrogens is 268 g/mol. The SMILES string of the molecule is Nc1cccc2c1C(=O)N(CCc1ccc(O)cc1)C2=O. The van der Waals surface area contributed by atoms with E-state index in [1.54, 1.807) is 42.5 Å². The number of anilines is 1. The van der Waals surface area contributed by atoms with E-state index in [2.05, 4.69) is 0 Å². The fourth-order valence-corrected chi connectivity index (χ4v) is 2.47. The van der Waals surface area contributed by atoms with Gasteiger partial charge in [-0.3, -0.25) is 14.5 Å². The molecular formula is C16H14N2O3. The number of carbonyl (C=O) groups is 2. The Bertz CT molecular complexity index is 723. The van der Waals surface area contributed by atoms with Gasteiger partial charge < -0.3 is 10.8 Å². The molecule has 3 N–H and O–H groups in total. The largest absolute Gasteiger partial charge is 0.508 e. The van der Waals surface area contributed by atoms with E-state index >= 15 is 0 Å². The lowest BCUT2D eigenvalue weighted by Crippen LogP contribution is -2.31. The second-order valence-corrected chi connectivity index (χ2v) is 4.95. The highest BCUT2D eigenvalue weighted by Crippen LogP contribution is 2.27. The highest BCUT2D eigenvalue weighted by atomic mass is 16.3. The minimum absolute atomic E-state index is 0.187. The zero-order valence-electron chi connectivity index (χ0n) is 11.2. The van der Waals surface area contributed by atoms with Crippen molar-refractivity contribution < 1.29 is 14.7 Å². The molecule has 0 aliphatic carbocycles. The molecule has 5 heteroatoms. The van der Waals surface area contributed by atoms with Gasteiger partial charge in [-0.15, -0.1) is 0 Å². The number of phenolic OH excluding ortho intramolecular Hbond substituents is 1. The van der Waals surface area contributed by atoms with Gasteiger partial charge in [0.05, 0.1) is 11.1 Å². The maximum absolute atomic E-state index is 12.3. The molecule has 21 heavy (non-hydrogen) atoms. The standard InChI is InChI=1S/C16H14N2O3/c17-13-3-1-2-12-14(13)16(21)18(15(12)20)9-8-10-4-6-11(19)7-5-10/h1-7,19H,8-9,17H2. The smallest absolute Gasteiger partial charge is 0.263 e. The number of benzene rings is 2. The van der Waals surface area contributed by atoms with Crippen LogP contribution in [0.4, 0.5) is 5.69 Å². The molecule has 0 unspecified atom stereocenters. The summed E-state index contributed by atoms with van der Waals surface area (Å²) in [7, 11) is 0. The summed E-state index contributed by atoms with van der Waals surface area (Å²) in [5.41, 5.74) is 7.72. The zero-order valence-corrected chi connectivity index (χ0v) is 11.2. The molecule has 1 aliphatic heterocycles. The number of hydrogen-bond donors (Lipinski definition) is 2. The lowest BCUT2D eigenvalue weighted by molar-refractivity contribution is 0.0656. The van der Waals surface area contributed by atoms with Gasteiger partial charge in [-0.2, -0.15) is 0 Å². The third-order valence-corrected chi connectivity index (χ3v) is 3.59. The molecule has 5 nitrogen and oxygen atoms in total. The number of nitrogens with zero attached hydrogens (tertiary/aromatic N) is 1. The molecule has 0 spiro atoms. The van der Waals surface area contributed by atoms with Crippen molar-refractivity contribution in [2.24, 2.45) is 0 Å². The Morgan fingerprint density at radius 1 is 1.00 bits per heavy atom. The number of carbonyl (C=O) groups excluding carboxylic acids is 2. The van der Waals surface area contributed by atoms with E-state index in [0.29, 0.717) is 23.2 Å². The molecule has 2 aromatic rings. The van der Waals surface area contributed by atoms with Crippen LogP contribution < -0.4 is 5.73 Å². The zero-order chi connectivity index (χ0) is 15.0. The molecule has 3 rings (SSSR count). The number of aromatic hydroxyl groups is 1. The monoisotopic (exact) mass is 282 g/mol. The fourth-order valence-electron chi connectivity index (χ4n) is 2.47. The van der Waals surface area contributed by atoms with Crippen LogP contribution in [0, 0.1) is 0 Å². The quantitative estimate of drug-likeness (QED) is 0.664. The van der Waals surface area contributed by atoms with Crippen molar-refractivity contribution in [3.8, 4) is 5.75 Å². The van der Waals surface area contributed by atoms with E-state index < -0.39 is 0 Å². The van der Waals surface area contributed by atoms with Gasteiger partial charge in [-0.25, -0.2) is 0 Å². The van der Waals surface area contributed by atoms with Gasteiger partial charge in [0.1, 0.15) is 5.75 Å². The summed E-state index contributed by atoms with van der Waals surface area (Å²) in [4.78, 5) is 25.7. The second-order valence-electron chi connectivity index (χ2n) is 4.95. The third-order valence-electron chi connectivity index (χ3n) is 3.59.